The fourth-order valence-electron chi connectivity index (χ4n) is 3.34. The van der Waals surface area contributed by atoms with Crippen molar-refractivity contribution in [3.63, 3.8) is 0 Å². The van der Waals surface area contributed by atoms with Gasteiger partial charge in [0, 0.05) is 25.9 Å². The molecule has 4 nitrogen and oxygen atoms in total. The zero-order valence-electron chi connectivity index (χ0n) is 13.0. The Balaban J connectivity index is 2.16. The van der Waals surface area contributed by atoms with E-state index < -0.39 is 11.1 Å². The summed E-state index contributed by atoms with van der Waals surface area (Å²) in [6, 6.07) is 0. The van der Waals surface area contributed by atoms with Gasteiger partial charge in [0.15, 0.2) is 0 Å². The first-order valence-electron chi connectivity index (χ1n) is 7.84. The maximum Gasteiger partial charge on any atom is 0.327 e. The molecule has 0 N–H and O–H groups in total. The number of Topliss-reactive ketones (excluding diaryl/α,β-unsaturated/α-hetero) is 1. The summed E-state index contributed by atoms with van der Waals surface area (Å²) < 4.78 is 5.70. The van der Waals surface area contributed by atoms with E-state index in [0.29, 0.717) is 31.7 Å². The number of esters is 1. The highest BCUT2D eigenvalue weighted by Crippen LogP contribution is 2.37. The largest absolute Gasteiger partial charge is 0.459 e. The van der Waals surface area contributed by atoms with Gasteiger partial charge in [0.1, 0.15) is 16.9 Å². The van der Waals surface area contributed by atoms with Crippen LogP contribution >= 0.6 is 0 Å². The molecular formula is C16H27NO3. The molecule has 0 bridgehead atoms. The predicted octanol–water partition coefficient (Wildman–Crippen LogP) is 2.70. The third kappa shape index (κ3) is 3.40. The van der Waals surface area contributed by atoms with Gasteiger partial charge < -0.3 is 4.74 Å². The highest BCUT2D eigenvalue weighted by Gasteiger charge is 2.47. The number of hydrogen-bond acceptors (Lipinski definition) is 4. The second-order valence-electron chi connectivity index (χ2n) is 7.12. The molecule has 0 amide bonds. The molecule has 1 aliphatic carbocycles. The quantitative estimate of drug-likeness (QED) is 0.730. The fraction of sp³-hybridized carbons (Fsp3) is 0.875. The monoisotopic (exact) mass is 281 g/mol. The van der Waals surface area contributed by atoms with E-state index >= 15 is 0 Å². The molecule has 0 spiro atoms. The molecule has 0 unspecified atom stereocenters. The van der Waals surface area contributed by atoms with Crippen LogP contribution in [-0.2, 0) is 14.3 Å². The van der Waals surface area contributed by atoms with Gasteiger partial charge in [-0.2, -0.15) is 0 Å². The van der Waals surface area contributed by atoms with E-state index in [1.165, 1.54) is 6.42 Å². The first-order chi connectivity index (χ1) is 9.33. The van der Waals surface area contributed by atoms with Crippen molar-refractivity contribution in [2.24, 2.45) is 0 Å². The van der Waals surface area contributed by atoms with Crippen molar-refractivity contribution in [3.8, 4) is 0 Å². The van der Waals surface area contributed by atoms with Crippen LogP contribution < -0.4 is 0 Å². The Morgan fingerprint density at radius 1 is 1.10 bits per heavy atom. The van der Waals surface area contributed by atoms with E-state index in [-0.39, 0.29) is 5.97 Å². The van der Waals surface area contributed by atoms with Gasteiger partial charge in [-0.1, -0.05) is 19.3 Å². The van der Waals surface area contributed by atoms with Crippen molar-refractivity contribution in [3.05, 3.63) is 0 Å². The Morgan fingerprint density at radius 2 is 1.65 bits per heavy atom. The average molecular weight is 281 g/mol. The summed E-state index contributed by atoms with van der Waals surface area (Å²) in [5.41, 5.74) is -0.931. The molecule has 0 aromatic rings. The van der Waals surface area contributed by atoms with E-state index in [1.54, 1.807) is 0 Å². The van der Waals surface area contributed by atoms with E-state index in [1.807, 2.05) is 20.8 Å². The van der Waals surface area contributed by atoms with Gasteiger partial charge >= 0.3 is 5.97 Å². The summed E-state index contributed by atoms with van der Waals surface area (Å²) in [4.78, 5) is 26.4. The molecule has 114 valence electrons. The Morgan fingerprint density at radius 3 is 2.15 bits per heavy atom. The topological polar surface area (TPSA) is 46.6 Å². The van der Waals surface area contributed by atoms with Gasteiger partial charge in [0.25, 0.3) is 0 Å². The Kier molecular flexibility index (Phi) is 4.52. The summed E-state index contributed by atoms with van der Waals surface area (Å²) in [7, 11) is 0. The predicted molar refractivity (Wildman–Crippen MR) is 77.5 cm³/mol. The normalized spacial score (nSPS) is 24.4. The van der Waals surface area contributed by atoms with Crippen molar-refractivity contribution < 1.29 is 14.3 Å². The summed E-state index contributed by atoms with van der Waals surface area (Å²) in [6.45, 7) is 7.17. The molecule has 2 rings (SSSR count). The first kappa shape index (κ1) is 15.5. The number of piperidine rings is 1. The minimum Gasteiger partial charge on any atom is -0.459 e. The molecule has 2 fully saturated rings. The SMILES string of the molecule is CC(C)(C)OC(=O)C1(N2CCC(=O)CC2)CCCCC1. The standard InChI is InChI=1S/C16H27NO3/c1-15(2,3)20-14(19)16(9-5-4-6-10-16)17-11-7-13(18)8-12-17/h4-12H2,1-3H3. The van der Waals surface area contributed by atoms with E-state index in [0.717, 1.165) is 25.7 Å². The van der Waals surface area contributed by atoms with Gasteiger partial charge in [0.2, 0.25) is 0 Å². The van der Waals surface area contributed by atoms with Crippen LogP contribution in [0.25, 0.3) is 0 Å². The van der Waals surface area contributed by atoms with Crippen molar-refractivity contribution in [2.45, 2.75) is 76.9 Å². The van der Waals surface area contributed by atoms with Gasteiger partial charge in [-0.05, 0) is 33.6 Å². The number of ketones is 1. The first-order valence-corrected chi connectivity index (χ1v) is 7.84. The smallest absolute Gasteiger partial charge is 0.327 e. The summed E-state index contributed by atoms with van der Waals surface area (Å²) in [5.74, 6) is 0.232. The fourth-order valence-corrected chi connectivity index (χ4v) is 3.34. The number of hydrogen-bond donors (Lipinski definition) is 0. The lowest BCUT2D eigenvalue weighted by molar-refractivity contribution is -0.174. The molecule has 0 aromatic heterocycles. The second-order valence-corrected chi connectivity index (χ2v) is 7.12. The van der Waals surface area contributed by atoms with Crippen molar-refractivity contribution in [2.75, 3.05) is 13.1 Å². The van der Waals surface area contributed by atoms with Crippen LogP contribution in [0, 0.1) is 0 Å². The van der Waals surface area contributed by atoms with Crippen molar-refractivity contribution in [1.29, 1.82) is 0 Å². The number of ether oxygens (including phenoxy) is 1. The van der Waals surface area contributed by atoms with Crippen LogP contribution in [0.15, 0.2) is 0 Å². The Bertz CT molecular complexity index is 368. The van der Waals surface area contributed by atoms with Crippen LogP contribution in [0.4, 0.5) is 0 Å². The molecule has 1 heterocycles. The lowest BCUT2D eigenvalue weighted by atomic mass is 9.79. The van der Waals surface area contributed by atoms with Gasteiger partial charge in [-0.15, -0.1) is 0 Å². The van der Waals surface area contributed by atoms with Gasteiger partial charge in [-0.25, -0.2) is 0 Å². The van der Waals surface area contributed by atoms with E-state index in [9.17, 15) is 9.59 Å². The molecular weight excluding hydrogens is 254 g/mol. The molecule has 1 saturated carbocycles. The minimum atomic E-state index is -0.480. The zero-order chi connectivity index (χ0) is 14.8. The third-order valence-electron chi connectivity index (χ3n) is 4.39. The molecule has 1 saturated heterocycles. The van der Waals surface area contributed by atoms with E-state index in [2.05, 4.69) is 4.90 Å². The summed E-state index contributed by atoms with van der Waals surface area (Å²) in [6.07, 6.45) is 6.23. The maximum atomic E-state index is 12.8. The average Bonchev–Trinajstić information content (AvgIpc) is 2.38. The Labute approximate surface area is 121 Å². The van der Waals surface area contributed by atoms with Crippen LogP contribution in [0.5, 0.6) is 0 Å². The Hall–Kier alpha value is -0.900. The third-order valence-corrected chi connectivity index (χ3v) is 4.39. The van der Waals surface area contributed by atoms with Crippen LogP contribution in [0.1, 0.15) is 65.7 Å². The zero-order valence-corrected chi connectivity index (χ0v) is 13.0. The maximum absolute atomic E-state index is 12.8. The summed E-state index contributed by atoms with van der Waals surface area (Å²) in [5, 5.41) is 0. The molecule has 0 aromatic carbocycles. The van der Waals surface area contributed by atoms with Crippen molar-refractivity contribution in [1.82, 2.24) is 4.90 Å². The molecule has 0 radical (unpaired) electrons. The minimum absolute atomic E-state index is 0.0842. The lowest BCUT2D eigenvalue weighted by Gasteiger charge is -2.46. The molecule has 1 aliphatic heterocycles. The highest BCUT2D eigenvalue weighted by molar-refractivity contribution is 5.83. The van der Waals surface area contributed by atoms with E-state index in [4.69, 9.17) is 4.74 Å². The van der Waals surface area contributed by atoms with Gasteiger partial charge in [0.05, 0.1) is 0 Å². The highest BCUT2D eigenvalue weighted by atomic mass is 16.6. The molecule has 2 aliphatic rings. The summed E-state index contributed by atoms with van der Waals surface area (Å²) >= 11 is 0. The number of rotatable bonds is 2. The number of likely N-dealkylation sites (tertiary alicyclic amines) is 1. The second kappa shape index (κ2) is 5.84. The molecule has 0 atom stereocenters. The number of nitrogens with zero attached hydrogens (tertiary/aromatic N) is 1. The van der Waals surface area contributed by atoms with Crippen LogP contribution in [-0.4, -0.2) is 40.9 Å². The number of carbonyl (C=O) groups excluding carboxylic acids is 2. The lowest BCUT2D eigenvalue weighted by Crippen LogP contribution is -2.59. The van der Waals surface area contributed by atoms with Gasteiger partial charge in [-0.3, -0.25) is 14.5 Å². The number of carbonyl (C=O) groups is 2. The van der Waals surface area contributed by atoms with Crippen LogP contribution in [0.2, 0.25) is 0 Å². The molecule has 20 heavy (non-hydrogen) atoms. The molecule has 4 heteroatoms. The van der Waals surface area contributed by atoms with Crippen LogP contribution in [0.3, 0.4) is 0 Å². The van der Waals surface area contributed by atoms with Crippen molar-refractivity contribution >= 4 is 11.8 Å².